The summed E-state index contributed by atoms with van der Waals surface area (Å²) < 4.78 is 26.3. The molecule has 6 nitrogen and oxygen atoms in total. The Morgan fingerprint density at radius 1 is 1.08 bits per heavy atom. The van der Waals surface area contributed by atoms with E-state index in [1.807, 2.05) is 36.4 Å². The van der Waals surface area contributed by atoms with Crippen LogP contribution in [-0.2, 0) is 21.4 Å². The summed E-state index contributed by atoms with van der Waals surface area (Å²) in [4.78, 5) is 11.7. The van der Waals surface area contributed by atoms with E-state index in [0.29, 0.717) is 12.1 Å². The molecule has 2 N–H and O–H groups in total. The van der Waals surface area contributed by atoms with Gasteiger partial charge in [0.2, 0.25) is 15.9 Å². The van der Waals surface area contributed by atoms with Crippen LogP contribution in [0.4, 0.5) is 0 Å². The molecule has 8 heteroatoms. The highest BCUT2D eigenvalue weighted by atomic mass is 32.2. The van der Waals surface area contributed by atoms with Crippen LogP contribution >= 0.6 is 12.6 Å². The normalized spacial score (nSPS) is 10.1. The zero-order valence-electron chi connectivity index (χ0n) is 13.6. The summed E-state index contributed by atoms with van der Waals surface area (Å²) in [5.41, 5.74) is 1.29. The second-order valence-corrected chi connectivity index (χ2v) is 6.49. The smallest absolute Gasteiger partial charge is 0.241 e. The third-order valence-corrected chi connectivity index (χ3v) is 4.47. The summed E-state index contributed by atoms with van der Waals surface area (Å²) in [5, 5.41) is 11.3. The van der Waals surface area contributed by atoms with Crippen LogP contribution in [0.15, 0.2) is 59.5 Å². The monoisotopic (exact) mass is 377 g/mol. The molecule has 0 fully saturated rings. The molecule has 0 radical (unpaired) electrons. The maximum atomic E-state index is 12.0. The van der Waals surface area contributed by atoms with Crippen LogP contribution in [0.2, 0.25) is 0 Å². The van der Waals surface area contributed by atoms with Gasteiger partial charge in [-0.05, 0) is 36.1 Å². The standard InChI is InChI=1S/C16H15N3O3S.CH4S/c17-10-13-6-8-15(9-7-13)23(21,22)19-12-16(20)18-11-14-4-2-1-3-5-14;1-2/h1-9,19H,11-12H2,(H,18,20);2H,1H3. The van der Waals surface area contributed by atoms with Crippen molar-refractivity contribution in [3.8, 4) is 6.07 Å². The van der Waals surface area contributed by atoms with Crippen molar-refractivity contribution < 1.29 is 13.2 Å². The van der Waals surface area contributed by atoms with Gasteiger partial charge >= 0.3 is 0 Å². The molecule has 1 amide bonds. The van der Waals surface area contributed by atoms with Crippen molar-refractivity contribution in [2.75, 3.05) is 12.8 Å². The number of nitriles is 1. The van der Waals surface area contributed by atoms with E-state index < -0.39 is 15.9 Å². The van der Waals surface area contributed by atoms with Crippen molar-refractivity contribution in [3.63, 3.8) is 0 Å². The largest absolute Gasteiger partial charge is 0.351 e. The number of amides is 1. The van der Waals surface area contributed by atoms with Crippen LogP contribution in [-0.4, -0.2) is 27.1 Å². The number of sulfonamides is 1. The zero-order chi connectivity index (χ0) is 18.7. The van der Waals surface area contributed by atoms with Crippen LogP contribution in [0.3, 0.4) is 0 Å². The van der Waals surface area contributed by atoms with Gasteiger partial charge in [-0.15, -0.1) is 0 Å². The van der Waals surface area contributed by atoms with Gasteiger partial charge < -0.3 is 5.32 Å². The third-order valence-electron chi connectivity index (χ3n) is 3.05. The Bertz CT molecular complexity index is 814. The topological polar surface area (TPSA) is 99.1 Å². The number of hydrogen-bond donors (Lipinski definition) is 3. The highest BCUT2D eigenvalue weighted by Crippen LogP contribution is 2.09. The molecule has 0 spiro atoms. The molecule has 0 aromatic heterocycles. The molecule has 0 bridgehead atoms. The number of hydrogen-bond acceptors (Lipinski definition) is 5. The van der Waals surface area contributed by atoms with Gasteiger partial charge in [0.15, 0.2) is 0 Å². The summed E-state index contributed by atoms with van der Waals surface area (Å²) in [5.74, 6) is -0.425. The maximum absolute atomic E-state index is 12.0. The number of nitrogens with one attached hydrogen (secondary N) is 2. The molecular formula is C17H19N3O3S2. The van der Waals surface area contributed by atoms with E-state index in [-0.39, 0.29) is 11.4 Å². The first-order chi connectivity index (χ1) is 12.0. The molecule has 0 saturated heterocycles. The number of rotatable bonds is 6. The van der Waals surface area contributed by atoms with Crippen LogP contribution in [0, 0.1) is 11.3 Å². The minimum absolute atomic E-state index is 0.00681. The van der Waals surface area contributed by atoms with Crippen LogP contribution < -0.4 is 10.0 Å². The predicted molar refractivity (Wildman–Crippen MR) is 99.5 cm³/mol. The van der Waals surface area contributed by atoms with Gasteiger partial charge in [-0.2, -0.15) is 17.9 Å². The lowest BCUT2D eigenvalue weighted by Crippen LogP contribution is -2.36. The molecule has 25 heavy (non-hydrogen) atoms. The van der Waals surface area contributed by atoms with E-state index in [0.717, 1.165) is 5.56 Å². The molecule has 0 aliphatic heterocycles. The van der Waals surface area contributed by atoms with E-state index in [4.69, 9.17) is 5.26 Å². The lowest BCUT2D eigenvalue weighted by molar-refractivity contribution is -0.120. The van der Waals surface area contributed by atoms with Crippen LogP contribution in [0.25, 0.3) is 0 Å². The highest BCUT2D eigenvalue weighted by molar-refractivity contribution is 7.89. The first kappa shape index (κ1) is 20.7. The molecule has 0 aliphatic carbocycles. The Balaban J connectivity index is 0.00000151. The number of benzene rings is 2. The molecule has 0 atom stereocenters. The van der Waals surface area contributed by atoms with Crippen molar-refractivity contribution in [2.45, 2.75) is 11.4 Å². The fraction of sp³-hybridized carbons (Fsp3) is 0.176. The Hall–Kier alpha value is -2.34. The molecule has 2 aromatic carbocycles. The summed E-state index contributed by atoms with van der Waals surface area (Å²) in [6, 6.07) is 16.7. The number of carbonyl (C=O) groups is 1. The fourth-order valence-corrected chi connectivity index (χ4v) is 2.79. The first-order valence-electron chi connectivity index (χ1n) is 7.26. The van der Waals surface area contributed by atoms with Gasteiger partial charge in [0, 0.05) is 6.54 Å². The molecule has 0 heterocycles. The van der Waals surface area contributed by atoms with E-state index in [2.05, 4.69) is 22.7 Å². The summed E-state index contributed by atoms with van der Waals surface area (Å²) >= 11 is 3.53. The van der Waals surface area contributed by atoms with E-state index in [1.165, 1.54) is 24.3 Å². The fourth-order valence-electron chi connectivity index (χ4n) is 1.81. The quantitative estimate of drug-likeness (QED) is 0.667. The highest BCUT2D eigenvalue weighted by Gasteiger charge is 2.15. The van der Waals surface area contributed by atoms with Gasteiger partial charge in [0.1, 0.15) is 0 Å². The average Bonchev–Trinajstić information content (AvgIpc) is 2.67. The zero-order valence-corrected chi connectivity index (χ0v) is 15.3. The van der Waals surface area contributed by atoms with E-state index in [9.17, 15) is 13.2 Å². The summed E-state index contributed by atoms with van der Waals surface area (Å²) in [6.45, 7) is -0.0204. The second-order valence-electron chi connectivity index (χ2n) is 4.72. The molecule has 0 unspecified atom stereocenters. The van der Waals surface area contributed by atoms with Crippen LogP contribution in [0.1, 0.15) is 11.1 Å². The Labute approximate surface area is 153 Å². The molecule has 0 saturated carbocycles. The number of nitrogens with zero attached hydrogens (tertiary/aromatic N) is 1. The van der Waals surface area contributed by atoms with Gasteiger partial charge in [-0.1, -0.05) is 30.3 Å². The van der Waals surface area contributed by atoms with Crippen molar-refractivity contribution in [1.29, 1.82) is 5.26 Å². The van der Waals surface area contributed by atoms with Crippen molar-refractivity contribution >= 4 is 28.6 Å². The molecule has 0 aliphatic rings. The average molecular weight is 377 g/mol. The lowest BCUT2D eigenvalue weighted by atomic mass is 10.2. The van der Waals surface area contributed by atoms with Gasteiger partial charge in [0.05, 0.1) is 23.1 Å². The van der Waals surface area contributed by atoms with Gasteiger partial charge in [-0.25, -0.2) is 13.1 Å². The number of carbonyl (C=O) groups excluding carboxylic acids is 1. The lowest BCUT2D eigenvalue weighted by Gasteiger charge is -2.08. The molecule has 132 valence electrons. The van der Waals surface area contributed by atoms with Gasteiger partial charge in [-0.3, -0.25) is 4.79 Å². The van der Waals surface area contributed by atoms with E-state index in [1.54, 1.807) is 6.26 Å². The van der Waals surface area contributed by atoms with Crippen molar-refractivity contribution in [3.05, 3.63) is 65.7 Å². The third kappa shape index (κ3) is 6.97. The molecule has 2 rings (SSSR count). The van der Waals surface area contributed by atoms with E-state index >= 15 is 0 Å². The summed E-state index contributed by atoms with van der Waals surface area (Å²) in [6.07, 6.45) is 1.69. The minimum Gasteiger partial charge on any atom is -0.351 e. The minimum atomic E-state index is -3.78. The Kier molecular flexibility index (Phi) is 8.70. The summed E-state index contributed by atoms with van der Waals surface area (Å²) in [7, 11) is -3.78. The van der Waals surface area contributed by atoms with Gasteiger partial charge in [0.25, 0.3) is 0 Å². The Morgan fingerprint density at radius 3 is 2.24 bits per heavy atom. The molecular weight excluding hydrogens is 358 g/mol. The predicted octanol–water partition coefficient (Wildman–Crippen LogP) is 1.70. The van der Waals surface area contributed by atoms with Crippen LogP contribution in [0.5, 0.6) is 0 Å². The SMILES string of the molecule is CS.N#Cc1ccc(S(=O)(=O)NCC(=O)NCc2ccccc2)cc1. The molecule has 2 aromatic rings. The first-order valence-corrected chi connectivity index (χ1v) is 9.64. The van der Waals surface area contributed by atoms with Crippen molar-refractivity contribution in [2.24, 2.45) is 0 Å². The number of thiol groups is 1. The van der Waals surface area contributed by atoms with Crippen molar-refractivity contribution in [1.82, 2.24) is 10.0 Å². The maximum Gasteiger partial charge on any atom is 0.241 e. The Morgan fingerprint density at radius 2 is 1.68 bits per heavy atom. The second kappa shape index (κ2) is 10.5.